The topological polar surface area (TPSA) is 65.0 Å². The summed E-state index contributed by atoms with van der Waals surface area (Å²) in [5.41, 5.74) is 2.75. The largest absolute Gasteiger partial charge is 0.497 e. The molecule has 32 heavy (non-hydrogen) atoms. The molecule has 1 saturated heterocycles. The molecule has 5 atom stereocenters. The number of Topliss-reactive ketones (excluding diaryl/α,β-unsaturated/α-hetero) is 1. The Morgan fingerprint density at radius 2 is 1.81 bits per heavy atom. The Bertz CT molecular complexity index is 959. The maximum atomic E-state index is 13.1. The molecule has 1 N–H and O–H groups in total. The first kappa shape index (κ1) is 20.9. The molecule has 4 fully saturated rings. The standard InChI is InChI=1S/C27H34O5/c1-25-15-20(17-3-5-18(30-2)6-4-17)24-19(21(25)7-8-23(25)28)9-11-26(29)16-27(12-10-22(24)26)31-13-14-32-27/h3-6,19-21,29H,7-16H2,1-2H3/t19?,20?,21?,25-,26+/m0/s1. The molecule has 1 aromatic rings. The van der Waals surface area contributed by atoms with Crippen LogP contribution in [0, 0.1) is 17.3 Å². The van der Waals surface area contributed by atoms with Crippen LogP contribution >= 0.6 is 0 Å². The molecule has 6 rings (SSSR count). The lowest BCUT2D eigenvalue weighted by Crippen LogP contribution is -2.53. The first-order valence-corrected chi connectivity index (χ1v) is 12.3. The molecule has 0 radical (unpaired) electrons. The number of ketones is 1. The third-order valence-corrected chi connectivity index (χ3v) is 9.46. The molecular formula is C27H34O5. The monoisotopic (exact) mass is 438 g/mol. The second-order valence-electron chi connectivity index (χ2n) is 10.9. The van der Waals surface area contributed by atoms with Crippen molar-refractivity contribution in [2.24, 2.45) is 17.3 Å². The summed E-state index contributed by atoms with van der Waals surface area (Å²) in [5, 5.41) is 12.0. The third-order valence-electron chi connectivity index (χ3n) is 9.46. The molecule has 5 heteroatoms. The first-order valence-electron chi connectivity index (χ1n) is 12.3. The quantitative estimate of drug-likeness (QED) is 0.687. The lowest BCUT2D eigenvalue weighted by Gasteiger charge is -2.55. The summed E-state index contributed by atoms with van der Waals surface area (Å²) in [7, 11) is 1.69. The maximum Gasteiger partial charge on any atom is 0.171 e. The summed E-state index contributed by atoms with van der Waals surface area (Å²) < 4.78 is 17.4. The lowest BCUT2D eigenvalue weighted by molar-refractivity contribution is -0.208. The minimum absolute atomic E-state index is 0.162. The number of aliphatic hydroxyl groups is 1. The fourth-order valence-electron chi connectivity index (χ4n) is 7.92. The maximum absolute atomic E-state index is 13.1. The van der Waals surface area contributed by atoms with Crippen LogP contribution in [0.2, 0.25) is 0 Å². The number of hydrogen-bond acceptors (Lipinski definition) is 5. The molecule has 1 spiro atoms. The van der Waals surface area contributed by atoms with E-state index in [0.717, 1.165) is 44.3 Å². The van der Waals surface area contributed by atoms with Gasteiger partial charge < -0.3 is 19.3 Å². The zero-order valence-electron chi connectivity index (χ0n) is 19.2. The number of rotatable bonds is 2. The smallest absolute Gasteiger partial charge is 0.171 e. The molecule has 0 aromatic heterocycles. The lowest BCUT2D eigenvalue weighted by atomic mass is 9.51. The van der Waals surface area contributed by atoms with E-state index < -0.39 is 11.4 Å². The van der Waals surface area contributed by atoms with Gasteiger partial charge in [-0.05, 0) is 67.2 Å². The van der Waals surface area contributed by atoms with Crippen molar-refractivity contribution < 1.29 is 24.1 Å². The van der Waals surface area contributed by atoms with E-state index in [-0.39, 0.29) is 11.3 Å². The van der Waals surface area contributed by atoms with Crippen LogP contribution in [0.15, 0.2) is 35.4 Å². The van der Waals surface area contributed by atoms with Gasteiger partial charge in [0.1, 0.15) is 11.5 Å². The van der Waals surface area contributed by atoms with Crippen LogP contribution in [0.25, 0.3) is 0 Å². The van der Waals surface area contributed by atoms with Crippen LogP contribution in [-0.2, 0) is 14.3 Å². The molecule has 0 amide bonds. The van der Waals surface area contributed by atoms with E-state index in [1.54, 1.807) is 7.11 Å². The number of carbonyl (C=O) groups is 1. The van der Waals surface area contributed by atoms with Gasteiger partial charge in [-0.3, -0.25) is 4.79 Å². The number of carbonyl (C=O) groups excluding carboxylic acids is 1. The number of hydrogen-bond donors (Lipinski definition) is 1. The van der Waals surface area contributed by atoms with Crippen molar-refractivity contribution in [2.45, 2.75) is 75.6 Å². The van der Waals surface area contributed by atoms with Crippen molar-refractivity contribution in [1.82, 2.24) is 0 Å². The highest BCUT2D eigenvalue weighted by Crippen LogP contribution is 2.64. The first-order chi connectivity index (χ1) is 15.4. The van der Waals surface area contributed by atoms with Crippen molar-refractivity contribution in [2.75, 3.05) is 20.3 Å². The van der Waals surface area contributed by atoms with E-state index in [1.807, 2.05) is 12.1 Å². The Labute approximate surface area is 190 Å². The highest BCUT2D eigenvalue weighted by Gasteiger charge is 2.60. The summed E-state index contributed by atoms with van der Waals surface area (Å²) in [6.07, 6.45) is 6.34. The predicted molar refractivity (Wildman–Crippen MR) is 119 cm³/mol. The molecule has 0 bridgehead atoms. The van der Waals surface area contributed by atoms with E-state index in [0.29, 0.717) is 43.7 Å². The predicted octanol–water partition coefficient (Wildman–Crippen LogP) is 4.53. The van der Waals surface area contributed by atoms with E-state index in [2.05, 4.69) is 19.1 Å². The van der Waals surface area contributed by atoms with Crippen LogP contribution in [0.5, 0.6) is 5.75 Å². The van der Waals surface area contributed by atoms with E-state index >= 15 is 0 Å². The van der Waals surface area contributed by atoms with Crippen molar-refractivity contribution in [3.8, 4) is 5.75 Å². The molecule has 172 valence electrons. The third kappa shape index (κ3) is 2.90. The van der Waals surface area contributed by atoms with Crippen molar-refractivity contribution in [1.29, 1.82) is 0 Å². The molecule has 4 aliphatic carbocycles. The number of benzene rings is 1. The van der Waals surface area contributed by atoms with Crippen LogP contribution < -0.4 is 4.74 Å². The van der Waals surface area contributed by atoms with Gasteiger partial charge >= 0.3 is 0 Å². The Balaban J connectivity index is 1.47. The van der Waals surface area contributed by atoms with Gasteiger partial charge in [-0.1, -0.05) is 24.6 Å². The van der Waals surface area contributed by atoms with Gasteiger partial charge in [-0.2, -0.15) is 0 Å². The fraction of sp³-hybridized carbons (Fsp3) is 0.667. The Morgan fingerprint density at radius 3 is 2.53 bits per heavy atom. The van der Waals surface area contributed by atoms with Gasteiger partial charge in [0.25, 0.3) is 0 Å². The van der Waals surface area contributed by atoms with Crippen molar-refractivity contribution >= 4 is 5.78 Å². The van der Waals surface area contributed by atoms with Crippen LogP contribution in [0.1, 0.15) is 69.8 Å². The minimum Gasteiger partial charge on any atom is -0.497 e. The van der Waals surface area contributed by atoms with Gasteiger partial charge in [-0.25, -0.2) is 0 Å². The summed E-state index contributed by atoms with van der Waals surface area (Å²) in [5.74, 6) is 1.59. The average Bonchev–Trinajstić information content (AvgIpc) is 3.36. The summed E-state index contributed by atoms with van der Waals surface area (Å²) in [4.78, 5) is 13.1. The highest BCUT2D eigenvalue weighted by molar-refractivity contribution is 5.87. The molecule has 5 aliphatic rings. The Morgan fingerprint density at radius 1 is 1.06 bits per heavy atom. The number of methoxy groups -OCH3 is 1. The molecule has 3 unspecified atom stereocenters. The molecule has 5 nitrogen and oxygen atoms in total. The Hall–Kier alpha value is -1.69. The second kappa shape index (κ2) is 7.15. The molecule has 3 saturated carbocycles. The van der Waals surface area contributed by atoms with Crippen molar-refractivity contribution in [3.05, 3.63) is 41.0 Å². The molecular weight excluding hydrogens is 404 g/mol. The number of allylic oxidation sites excluding steroid dienone is 1. The van der Waals surface area contributed by atoms with Crippen LogP contribution in [-0.4, -0.2) is 42.6 Å². The summed E-state index contributed by atoms with van der Waals surface area (Å²) in [6.45, 7) is 3.44. The van der Waals surface area contributed by atoms with Gasteiger partial charge in [-0.15, -0.1) is 0 Å². The molecule has 1 aliphatic heterocycles. The number of fused-ring (bicyclic) bond motifs is 4. The van der Waals surface area contributed by atoms with E-state index in [1.165, 1.54) is 16.7 Å². The van der Waals surface area contributed by atoms with E-state index in [4.69, 9.17) is 14.2 Å². The van der Waals surface area contributed by atoms with Gasteiger partial charge in [0.15, 0.2) is 5.79 Å². The normalized spacial score (nSPS) is 40.2. The zero-order chi connectivity index (χ0) is 22.1. The average molecular weight is 439 g/mol. The van der Waals surface area contributed by atoms with Gasteiger partial charge in [0.05, 0.1) is 25.9 Å². The minimum atomic E-state index is -0.866. The SMILES string of the molecule is COc1ccc(C2C[C@]3(C)C(=O)CCC3C3CC[C@@]4(O)CC5(CCC4=C23)OCCO5)cc1. The van der Waals surface area contributed by atoms with Crippen LogP contribution in [0.3, 0.4) is 0 Å². The molecule has 1 aromatic carbocycles. The summed E-state index contributed by atoms with van der Waals surface area (Å²) >= 11 is 0. The second-order valence-corrected chi connectivity index (χ2v) is 10.9. The number of ether oxygens (including phenoxy) is 3. The zero-order valence-corrected chi connectivity index (χ0v) is 19.2. The van der Waals surface area contributed by atoms with E-state index in [9.17, 15) is 9.90 Å². The summed E-state index contributed by atoms with van der Waals surface area (Å²) in [6, 6.07) is 8.34. The highest BCUT2D eigenvalue weighted by atomic mass is 16.7. The van der Waals surface area contributed by atoms with Crippen molar-refractivity contribution in [3.63, 3.8) is 0 Å². The Kier molecular flexibility index (Phi) is 4.67. The van der Waals surface area contributed by atoms with Gasteiger partial charge in [0, 0.05) is 30.6 Å². The van der Waals surface area contributed by atoms with Crippen LogP contribution in [0.4, 0.5) is 0 Å². The fourth-order valence-corrected chi connectivity index (χ4v) is 7.92. The van der Waals surface area contributed by atoms with Gasteiger partial charge in [0.2, 0.25) is 0 Å². The molecule has 1 heterocycles.